The predicted octanol–water partition coefficient (Wildman–Crippen LogP) is 4.37. The molecule has 1 fully saturated rings. The number of hydrogen-bond acceptors (Lipinski definition) is 4. The lowest BCUT2D eigenvalue weighted by Gasteiger charge is -2.28. The second-order valence-electron chi connectivity index (χ2n) is 6.33. The zero-order valence-electron chi connectivity index (χ0n) is 15.3. The highest BCUT2D eigenvalue weighted by atomic mass is 35.5. The number of nitrogens with zero attached hydrogens (tertiary/aromatic N) is 2. The normalized spacial score (nSPS) is 15.7. The molecule has 0 saturated carbocycles. The smallest absolute Gasteiger partial charge is 0.223 e. The molecule has 1 atom stereocenters. The van der Waals surface area contributed by atoms with Gasteiger partial charge in [0.15, 0.2) is 11.7 Å². The Hall–Kier alpha value is -1.27. The molecule has 2 aromatic rings. The minimum Gasteiger partial charge on any atom is -0.441 e. The Morgan fingerprint density at radius 2 is 2.15 bits per heavy atom. The molecule has 1 aromatic carbocycles. The molecule has 1 saturated heterocycles. The van der Waals surface area contributed by atoms with Crippen molar-refractivity contribution in [1.82, 2.24) is 15.2 Å². The quantitative estimate of drug-likeness (QED) is 0.703. The monoisotopic (exact) mass is 433 g/mol. The zero-order chi connectivity index (χ0) is 17.6. The van der Waals surface area contributed by atoms with Crippen LogP contribution in [0.4, 0.5) is 0 Å². The van der Waals surface area contributed by atoms with E-state index in [0.29, 0.717) is 35.6 Å². The molecule has 1 aliphatic rings. The van der Waals surface area contributed by atoms with Gasteiger partial charge in [0.25, 0.3) is 0 Å². The molecule has 3 rings (SSSR count). The highest BCUT2D eigenvalue weighted by Crippen LogP contribution is 2.28. The fraction of sp³-hybridized carbons (Fsp3) is 0.474. The van der Waals surface area contributed by atoms with Gasteiger partial charge in [-0.15, -0.1) is 24.8 Å². The molecule has 0 spiro atoms. The minimum absolute atomic E-state index is 0. The third kappa shape index (κ3) is 6.11. The van der Waals surface area contributed by atoms with Gasteiger partial charge in [-0.1, -0.05) is 30.7 Å². The van der Waals surface area contributed by atoms with Crippen LogP contribution < -0.4 is 5.32 Å². The highest BCUT2D eigenvalue weighted by Gasteiger charge is 2.25. The van der Waals surface area contributed by atoms with E-state index in [1.165, 1.54) is 0 Å². The zero-order valence-corrected chi connectivity index (χ0v) is 17.7. The van der Waals surface area contributed by atoms with Gasteiger partial charge in [0.05, 0.1) is 11.2 Å². The largest absolute Gasteiger partial charge is 0.441 e. The molecule has 1 amide bonds. The third-order valence-electron chi connectivity index (χ3n) is 4.51. The first-order valence-corrected chi connectivity index (χ1v) is 9.26. The van der Waals surface area contributed by atoms with Gasteiger partial charge in [0, 0.05) is 37.5 Å². The number of oxazole rings is 1. The maximum absolute atomic E-state index is 12.6. The molecule has 0 radical (unpaired) electrons. The van der Waals surface area contributed by atoms with Crippen LogP contribution in [0.25, 0.3) is 11.3 Å². The van der Waals surface area contributed by atoms with Gasteiger partial charge in [-0.3, -0.25) is 4.79 Å². The van der Waals surface area contributed by atoms with E-state index < -0.39 is 0 Å². The highest BCUT2D eigenvalue weighted by molar-refractivity contribution is 6.33. The number of hydrogen-bond donors (Lipinski definition) is 1. The molecular formula is C19H26Cl3N3O2. The molecule has 150 valence electrons. The summed E-state index contributed by atoms with van der Waals surface area (Å²) in [5, 5.41) is 3.96. The summed E-state index contributed by atoms with van der Waals surface area (Å²) in [4.78, 5) is 18.9. The molecular weight excluding hydrogens is 409 g/mol. The van der Waals surface area contributed by atoms with Crippen LogP contribution >= 0.6 is 36.4 Å². The minimum atomic E-state index is 0. The molecule has 5 nitrogen and oxygen atoms in total. The van der Waals surface area contributed by atoms with Gasteiger partial charge in [-0.2, -0.15) is 0 Å². The first-order chi connectivity index (χ1) is 12.2. The second-order valence-corrected chi connectivity index (χ2v) is 6.74. The van der Waals surface area contributed by atoms with Gasteiger partial charge in [0.1, 0.15) is 0 Å². The SMILES string of the molecule is CCCN(C(=O)CCc1ncc(-c2ccccc2Cl)o1)C1CCNC1.Cl.Cl. The van der Waals surface area contributed by atoms with E-state index in [0.717, 1.165) is 38.0 Å². The van der Waals surface area contributed by atoms with Gasteiger partial charge >= 0.3 is 0 Å². The molecule has 1 N–H and O–H groups in total. The Morgan fingerprint density at radius 1 is 1.37 bits per heavy atom. The molecule has 1 unspecified atom stereocenters. The van der Waals surface area contributed by atoms with Gasteiger partial charge < -0.3 is 14.6 Å². The summed E-state index contributed by atoms with van der Waals surface area (Å²) in [5.74, 6) is 1.38. The number of amides is 1. The summed E-state index contributed by atoms with van der Waals surface area (Å²) in [6.07, 6.45) is 4.59. The van der Waals surface area contributed by atoms with E-state index in [1.807, 2.05) is 29.2 Å². The fourth-order valence-corrected chi connectivity index (χ4v) is 3.45. The number of carbonyl (C=O) groups excluding carboxylic acids is 1. The maximum Gasteiger partial charge on any atom is 0.223 e. The van der Waals surface area contributed by atoms with Crippen molar-refractivity contribution < 1.29 is 9.21 Å². The van der Waals surface area contributed by atoms with Crippen LogP contribution in [0.15, 0.2) is 34.9 Å². The number of benzene rings is 1. The van der Waals surface area contributed by atoms with Crippen molar-refractivity contribution in [2.45, 2.75) is 38.6 Å². The molecule has 2 heterocycles. The van der Waals surface area contributed by atoms with Crippen LogP contribution in [0.1, 0.15) is 32.1 Å². The third-order valence-corrected chi connectivity index (χ3v) is 4.84. The number of rotatable bonds is 7. The maximum atomic E-state index is 12.6. The van der Waals surface area contributed by atoms with Crippen LogP contribution in [0.2, 0.25) is 5.02 Å². The molecule has 0 aliphatic carbocycles. The van der Waals surface area contributed by atoms with Crippen LogP contribution in [-0.4, -0.2) is 41.5 Å². The van der Waals surface area contributed by atoms with E-state index in [1.54, 1.807) is 6.20 Å². The van der Waals surface area contributed by atoms with Crippen molar-refractivity contribution in [2.75, 3.05) is 19.6 Å². The topological polar surface area (TPSA) is 58.4 Å². The summed E-state index contributed by atoms with van der Waals surface area (Å²) >= 11 is 6.19. The standard InChI is InChI=1S/C19H24ClN3O2.2ClH/c1-2-11-23(14-9-10-21-12-14)19(24)8-7-18-22-13-17(25-18)15-5-3-4-6-16(15)20;;/h3-6,13-14,21H,2,7-12H2,1H3;2*1H. The summed E-state index contributed by atoms with van der Waals surface area (Å²) in [7, 11) is 0. The number of aryl methyl sites for hydroxylation is 1. The lowest BCUT2D eigenvalue weighted by atomic mass is 10.1. The average Bonchev–Trinajstić information content (AvgIpc) is 3.30. The van der Waals surface area contributed by atoms with Crippen molar-refractivity contribution in [2.24, 2.45) is 0 Å². The number of aromatic nitrogens is 1. The average molecular weight is 435 g/mol. The lowest BCUT2D eigenvalue weighted by Crippen LogP contribution is -2.42. The van der Waals surface area contributed by atoms with Crippen LogP contribution in [0.5, 0.6) is 0 Å². The molecule has 27 heavy (non-hydrogen) atoms. The second kappa shape index (κ2) is 11.5. The van der Waals surface area contributed by atoms with Crippen molar-refractivity contribution in [3.63, 3.8) is 0 Å². The Morgan fingerprint density at radius 3 is 2.81 bits per heavy atom. The van der Waals surface area contributed by atoms with Gasteiger partial charge in [0.2, 0.25) is 5.91 Å². The lowest BCUT2D eigenvalue weighted by molar-refractivity contribution is -0.133. The van der Waals surface area contributed by atoms with Crippen LogP contribution in [0.3, 0.4) is 0 Å². The van der Waals surface area contributed by atoms with Gasteiger partial charge in [-0.05, 0) is 31.5 Å². The van der Waals surface area contributed by atoms with Crippen LogP contribution in [0, 0.1) is 0 Å². The number of halogens is 3. The van der Waals surface area contributed by atoms with Crippen molar-refractivity contribution in [3.05, 3.63) is 41.4 Å². The number of nitrogens with one attached hydrogen (secondary N) is 1. The predicted molar refractivity (Wildman–Crippen MR) is 113 cm³/mol. The molecule has 1 aliphatic heterocycles. The Labute approximate surface area is 177 Å². The Balaban J connectivity index is 0.00000182. The first kappa shape index (κ1) is 23.8. The van der Waals surface area contributed by atoms with Crippen molar-refractivity contribution >= 4 is 42.3 Å². The van der Waals surface area contributed by atoms with Crippen molar-refractivity contribution in [1.29, 1.82) is 0 Å². The summed E-state index contributed by atoms with van der Waals surface area (Å²) < 4.78 is 5.79. The van der Waals surface area contributed by atoms with Crippen molar-refractivity contribution in [3.8, 4) is 11.3 Å². The van der Waals surface area contributed by atoms with E-state index in [-0.39, 0.29) is 30.7 Å². The first-order valence-electron chi connectivity index (χ1n) is 8.89. The van der Waals surface area contributed by atoms with E-state index in [4.69, 9.17) is 16.0 Å². The fourth-order valence-electron chi connectivity index (χ4n) is 3.23. The van der Waals surface area contributed by atoms with E-state index in [2.05, 4.69) is 17.2 Å². The summed E-state index contributed by atoms with van der Waals surface area (Å²) in [5.41, 5.74) is 0.818. The number of carbonyl (C=O) groups is 1. The van der Waals surface area contributed by atoms with E-state index >= 15 is 0 Å². The summed E-state index contributed by atoms with van der Waals surface area (Å²) in [6.45, 7) is 4.79. The Bertz CT molecular complexity index is 718. The molecule has 1 aromatic heterocycles. The van der Waals surface area contributed by atoms with Gasteiger partial charge in [-0.25, -0.2) is 4.98 Å². The molecule has 8 heteroatoms. The van der Waals surface area contributed by atoms with E-state index in [9.17, 15) is 4.79 Å². The molecule has 0 bridgehead atoms. The summed E-state index contributed by atoms with van der Waals surface area (Å²) in [6, 6.07) is 7.82. The Kier molecular flexibility index (Phi) is 10.2. The van der Waals surface area contributed by atoms with Crippen LogP contribution in [-0.2, 0) is 11.2 Å².